The van der Waals surface area contributed by atoms with Crippen LogP contribution in [0.2, 0.25) is 0 Å². The molecule has 0 spiro atoms. The van der Waals surface area contributed by atoms with Crippen LogP contribution in [0, 0.1) is 25.7 Å². The van der Waals surface area contributed by atoms with Crippen LogP contribution in [-0.4, -0.2) is 49.9 Å². The predicted molar refractivity (Wildman–Crippen MR) is 145 cm³/mol. The summed E-state index contributed by atoms with van der Waals surface area (Å²) in [5, 5.41) is 10.5. The summed E-state index contributed by atoms with van der Waals surface area (Å²) >= 11 is 0. The maximum Gasteiger partial charge on any atom is 0.416 e. The van der Waals surface area contributed by atoms with Gasteiger partial charge in [-0.05, 0) is 43.7 Å². The Balaban J connectivity index is 1.57. The number of rotatable bonds is 5. The quantitative estimate of drug-likeness (QED) is 0.239. The van der Waals surface area contributed by atoms with Crippen LogP contribution in [-0.2, 0) is 16.3 Å². The van der Waals surface area contributed by atoms with Crippen molar-refractivity contribution in [1.29, 1.82) is 0 Å². The predicted octanol–water partition coefficient (Wildman–Crippen LogP) is 3.94. The first kappa shape index (κ1) is 28.3. The summed E-state index contributed by atoms with van der Waals surface area (Å²) < 4.78 is 73.3. The van der Waals surface area contributed by atoms with Gasteiger partial charge in [0.05, 0.1) is 40.4 Å². The van der Waals surface area contributed by atoms with Gasteiger partial charge in [-0.15, -0.1) is 0 Å². The molecule has 3 aromatic heterocycles. The van der Waals surface area contributed by atoms with Crippen LogP contribution in [0.15, 0.2) is 61.3 Å². The number of alkyl halides is 3. The summed E-state index contributed by atoms with van der Waals surface area (Å²) in [7, 11) is -4.16. The van der Waals surface area contributed by atoms with E-state index in [0.717, 1.165) is 23.1 Å². The molecule has 15 heteroatoms. The molecule has 5 aromatic rings. The number of nitrogens with zero attached hydrogens (tertiary/aromatic N) is 6. The highest BCUT2D eigenvalue weighted by Gasteiger charge is 2.32. The van der Waals surface area contributed by atoms with Gasteiger partial charge in [-0.3, -0.25) is 4.79 Å². The third-order valence-corrected chi connectivity index (χ3v) is 6.27. The minimum Gasteiger partial charge on any atom is -0.380 e. The maximum absolute atomic E-state index is 13.7. The molecule has 1 amide bonds. The van der Waals surface area contributed by atoms with Crippen molar-refractivity contribution in [3.63, 3.8) is 0 Å². The largest absolute Gasteiger partial charge is 0.416 e. The molecule has 1 N–H and O–H groups in total. The standard InChI is InChI=1S/C27H20F3N7O4S/c1-16-4-6-23(25(41-42(3,39)40)22(16)7-5-18-13-31-24-8-9-33-36(24)14-18)26(38)34-20-10-19(27(28,29)30)11-21(12-20)37-15-32-17(2)35-37/h4,6,8-15H,1-3H3,(H,34,38). The van der Waals surface area contributed by atoms with Crippen molar-refractivity contribution in [3.05, 3.63) is 95.0 Å². The molecule has 0 radical (unpaired) electrons. The highest BCUT2D eigenvalue weighted by Crippen LogP contribution is 2.34. The van der Waals surface area contributed by atoms with Crippen molar-refractivity contribution in [1.82, 2.24) is 29.4 Å². The van der Waals surface area contributed by atoms with E-state index in [2.05, 4.69) is 37.3 Å². The monoisotopic (exact) mass is 595 g/mol. The SMILES string of the molecule is Cc1ncn(-c2cc(NC(=O)c3ccc(C)c(C#Cc4cnc5ccnn5c4)c3OS(C)(=O)=O)cc(C(F)(F)F)c2)n1. The van der Waals surface area contributed by atoms with Crippen LogP contribution in [0.1, 0.15) is 38.4 Å². The molecule has 3 heterocycles. The Kier molecular flexibility index (Phi) is 7.17. The van der Waals surface area contributed by atoms with E-state index < -0.39 is 27.8 Å². The molecule has 0 saturated heterocycles. The van der Waals surface area contributed by atoms with E-state index in [0.29, 0.717) is 22.6 Å². The van der Waals surface area contributed by atoms with Gasteiger partial charge in [0.2, 0.25) is 0 Å². The van der Waals surface area contributed by atoms with Gasteiger partial charge in [0.1, 0.15) is 12.2 Å². The van der Waals surface area contributed by atoms with Gasteiger partial charge in [0.15, 0.2) is 11.4 Å². The summed E-state index contributed by atoms with van der Waals surface area (Å²) in [6.45, 7) is 3.20. The molecular formula is C27H20F3N7O4S. The Morgan fingerprint density at radius 3 is 2.55 bits per heavy atom. The first-order chi connectivity index (χ1) is 19.8. The zero-order chi connectivity index (χ0) is 30.2. The van der Waals surface area contributed by atoms with E-state index in [1.807, 2.05) is 0 Å². The van der Waals surface area contributed by atoms with Gasteiger partial charge in [-0.2, -0.15) is 31.8 Å². The molecule has 214 valence electrons. The number of nitrogens with one attached hydrogen (secondary N) is 1. The lowest BCUT2D eigenvalue weighted by Crippen LogP contribution is -2.18. The molecule has 5 rings (SSSR count). The normalized spacial score (nSPS) is 11.7. The highest BCUT2D eigenvalue weighted by atomic mass is 32.2. The Hall–Kier alpha value is -5.23. The van der Waals surface area contributed by atoms with Crippen LogP contribution in [0.5, 0.6) is 5.75 Å². The summed E-state index contributed by atoms with van der Waals surface area (Å²) in [6, 6.07) is 7.38. The Labute approximate surface area is 237 Å². The number of benzene rings is 2. The smallest absolute Gasteiger partial charge is 0.380 e. The first-order valence-electron chi connectivity index (χ1n) is 12.0. The van der Waals surface area contributed by atoms with Crippen molar-refractivity contribution in [2.45, 2.75) is 20.0 Å². The second-order valence-electron chi connectivity index (χ2n) is 9.11. The van der Waals surface area contributed by atoms with Crippen molar-refractivity contribution in [2.75, 3.05) is 11.6 Å². The number of carbonyl (C=O) groups is 1. The summed E-state index contributed by atoms with van der Waals surface area (Å²) in [5.74, 6) is 4.70. The number of halogens is 3. The number of hydrogen-bond acceptors (Lipinski definition) is 8. The number of aryl methyl sites for hydroxylation is 2. The molecule has 42 heavy (non-hydrogen) atoms. The topological polar surface area (TPSA) is 133 Å². The molecular weight excluding hydrogens is 575 g/mol. The lowest BCUT2D eigenvalue weighted by Gasteiger charge is -2.16. The molecule has 0 aliphatic heterocycles. The van der Waals surface area contributed by atoms with Crippen molar-refractivity contribution < 1.29 is 30.6 Å². The maximum atomic E-state index is 13.7. The third kappa shape index (κ3) is 6.23. The highest BCUT2D eigenvalue weighted by molar-refractivity contribution is 7.86. The van der Waals surface area contributed by atoms with Gasteiger partial charge in [-0.25, -0.2) is 19.2 Å². The van der Waals surface area contributed by atoms with Crippen LogP contribution >= 0.6 is 0 Å². The minimum atomic E-state index is -4.74. The third-order valence-electron chi connectivity index (χ3n) is 5.80. The van der Waals surface area contributed by atoms with Crippen molar-refractivity contribution in [2.24, 2.45) is 0 Å². The second-order valence-corrected chi connectivity index (χ2v) is 10.7. The van der Waals surface area contributed by atoms with Crippen molar-refractivity contribution >= 4 is 27.4 Å². The summed E-state index contributed by atoms with van der Waals surface area (Å²) in [4.78, 5) is 21.6. The van der Waals surface area contributed by atoms with E-state index in [4.69, 9.17) is 4.18 Å². The summed E-state index contributed by atoms with van der Waals surface area (Å²) in [6.07, 6.45) is 1.96. The van der Waals surface area contributed by atoms with E-state index in [1.165, 1.54) is 35.2 Å². The number of anilines is 1. The van der Waals surface area contributed by atoms with Crippen LogP contribution in [0.25, 0.3) is 11.3 Å². The molecule has 0 saturated carbocycles. The van der Waals surface area contributed by atoms with Gasteiger partial charge >= 0.3 is 16.3 Å². The molecule has 0 fully saturated rings. The van der Waals surface area contributed by atoms with E-state index >= 15 is 0 Å². The number of aromatic nitrogens is 6. The Morgan fingerprint density at radius 2 is 1.86 bits per heavy atom. The average Bonchev–Trinajstić information content (AvgIpc) is 3.55. The average molecular weight is 596 g/mol. The van der Waals surface area contributed by atoms with Gasteiger partial charge < -0.3 is 9.50 Å². The van der Waals surface area contributed by atoms with Crippen LogP contribution in [0.4, 0.5) is 18.9 Å². The Morgan fingerprint density at radius 1 is 1.07 bits per heavy atom. The number of amides is 1. The first-order valence-corrected chi connectivity index (χ1v) is 13.9. The lowest BCUT2D eigenvalue weighted by atomic mass is 10.0. The fourth-order valence-electron chi connectivity index (χ4n) is 3.91. The van der Waals surface area contributed by atoms with Gasteiger partial charge in [0.25, 0.3) is 5.91 Å². The zero-order valence-corrected chi connectivity index (χ0v) is 22.9. The second kappa shape index (κ2) is 10.6. The van der Waals surface area contributed by atoms with Gasteiger partial charge in [0, 0.05) is 24.1 Å². The Bertz CT molecular complexity index is 2020. The molecule has 0 unspecified atom stereocenters. The van der Waals surface area contributed by atoms with E-state index in [9.17, 15) is 26.4 Å². The fourth-order valence-corrected chi connectivity index (χ4v) is 4.39. The van der Waals surface area contributed by atoms with Crippen molar-refractivity contribution in [3.8, 4) is 23.3 Å². The number of hydrogen-bond donors (Lipinski definition) is 1. The van der Waals surface area contributed by atoms with E-state index in [1.54, 1.807) is 32.3 Å². The number of fused-ring (bicyclic) bond motifs is 1. The molecule has 0 atom stereocenters. The molecule has 0 bridgehead atoms. The van der Waals surface area contributed by atoms with Crippen LogP contribution in [0.3, 0.4) is 0 Å². The van der Waals surface area contributed by atoms with E-state index in [-0.39, 0.29) is 28.3 Å². The zero-order valence-electron chi connectivity index (χ0n) is 22.1. The van der Waals surface area contributed by atoms with Gasteiger partial charge in [-0.1, -0.05) is 17.9 Å². The van der Waals surface area contributed by atoms with Crippen LogP contribution < -0.4 is 9.50 Å². The number of carbonyl (C=O) groups excluding carboxylic acids is 1. The molecule has 11 nitrogen and oxygen atoms in total. The minimum absolute atomic E-state index is 0.00782. The molecule has 0 aliphatic rings. The lowest BCUT2D eigenvalue weighted by molar-refractivity contribution is -0.137. The molecule has 2 aromatic carbocycles. The fraction of sp³-hybridized carbons (Fsp3) is 0.148. The molecule has 0 aliphatic carbocycles. The summed E-state index contributed by atoms with van der Waals surface area (Å²) in [5.41, 5.74) is 0.0338.